The van der Waals surface area contributed by atoms with Crippen LogP contribution in [0.1, 0.15) is 27.8 Å². The number of rotatable bonds is 5. The largest absolute Gasteiger partial charge is 0.497 e. The minimum atomic E-state index is -0.520. The van der Waals surface area contributed by atoms with Crippen LogP contribution in [0.2, 0.25) is 5.02 Å². The van der Waals surface area contributed by atoms with Crippen molar-refractivity contribution in [1.29, 1.82) is 0 Å². The molecule has 0 spiro atoms. The summed E-state index contributed by atoms with van der Waals surface area (Å²) < 4.78 is 18.6. The molecule has 1 aliphatic rings. The van der Waals surface area contributed by atoms with Crippen LogP contribution in [0.25, 0.3) is 0 Å². The van der Waals surface area contributed by atoms with Gasteiger partial charge in [-0.3, -0.25) is 9.78 Å². The van der Waals surface area contributed by atoms with E-state index < -0.39 is 12.0 Å². The van der Waals surface area contributed by atoms with Crippen molar-refractivity contribution in [1.82, 2.24) is 9.88 Å². The molecule has 0 saturated carbocycles. The molecule has 5 nitrogen and oxygen atoms in total. The summed E-state index contributed by atoms with van der Waals surface area (Å²) >= 11 is 6.17. The van der Waals surface area contributed by atoms with Crippen LogP contribution < -0.4 is 10.1 Å². The van der Waals surface area contributed by atoms with E-state index in [0.717, 1.165) is 11.3 Å². The summed E-state index contributed by atoms with van der Waals surface area (Å²) in [6, 6.07) is 15.1. The van der Waals surface area contributed by atoms with Crippen LogP contribution in [0.3, 0.4) is 0 Å². The summed E-state index contributed by atoms with van der Waals surface area (Å²) in [5.41, 5.74) is 2.62. The third-order valence-corrected chi connectivity index (χ3v) is 4.95. The number of hydrogen-bond acceptors (Lipinski definition) is 4. The minimum Gasteiger partial charge on any atom is -0.497 e. The highest BCUT2D eigenvalue weighted by molar-refractivity contribution is 6.33. The molecule has 1 aromatic heterocycles. The van der Waals surface area contributed by atoms with Gasteiger partial charge < -0.3 is 15.0 Å². The standard InChI is InChI=1S/C21H17ClFN3O2/c1-28-15-7-4-13(5-8-15)12-26-20(19-16(21(26)27)3-2-10-24-19)25-18-9-6-14(23)11-17(18)22/h2-11,20,25H,12H2,1H3. The van der Waals surface area contributed by atoms with E-state index in [1.807, 2.05) is 24.3 Å². The fourth-order valence-corrected chi connectivity index (χ4v) is 3.45. The van der Waals surface area contributed by atoms with Gasteiger partial charge in [0.05, 0.1) is 29.1 Å². The molecule has 3 aromatic rings. The van der Waals surface area contributed by atoms with Gasteiger partial charge in [-0.2, -0.15) is 0 Å². The lowest BCUT2D eigenvalue weighted by atomic mass is 10.2. The molecule has 1 N–H and O–H groups in total. The number of methoxy groups -OCH3 is 1. The van der Waals surface area contributed by atoms with Gasteiger partial charge in [0.15, 0.2) is 0 Å². The van der Waals surface area contributed by atoms with Crippen molar-refractivity contribution in [2.75, 3.05) is 12.4 Å². The number of benzene rings is 2. The van der Waals surface area contributed by atoms with Crippen molar-refractivity contribution < 1.29 is 13.9 Å². The van der Waals surface area contributed by atoms with Crippen LogP contribution in [0, 0.1) is 5.82 Å². The van der Waals surface area contributed by atoms with Crippen molar-refractivity contribution in [2.24, 2.45) is 0 Å². The van der Waals surface area contributed by atoms with Gasteiger partial charge in [-0.15, -0.1) is 0 Å². The first-order chi connectivity index (χ1) is 13.6. The number of ether oxygens (including phenoxy) is 1. The first kappa shape index (κ1) is 18.3. The highest BCUT2D eigenvalue weighted by Crippen LogP contribution is 2.36. The second kappa shape index (κ2) is 7.48. The molecule has 1 unspecified atom stereocenters. The monoisotopic (exact) mass is 397 g/mol. The summed E-state index contributed by atoms with van der Waals surface area (Å²) in [6.45, 7) is 0.371. The van der Waals surface area contributed by atoms with E-state index in [9.17, 15) is 9.18 Å². The van der Waals surface area contributed by atoms with E-state index in [2.05, 4.69) is 10.3 Å². The van der Waals surface area contributed by atoms with Gasteiger partial charge in [0, 0.05) is 12.7 Å². The molecule has 0 radical (unpaired) electrons. The van der Waals surface area contributed by atoms with Crippen molar-refractivity contribution >= 4 is 23.2 Å². The fraction of sp³-hybridized carbons (Fsp3) is 0.143. The molecule has 2 heterocycles. The molecule has 0 aliphatic carbocycles. The average Bonchev–Trinajstić information content (AvgIpc) is 2.96. The zero-order chi connectivity index (χ0) is 19.7. The summed E-state index contributed by atoms with van der Waals surface area (Å²) in [5, 5.41) is 3.47. The second-order valence-corrected chi connectivity index (χ2v) is 6.80. The number of aromatic nitrogens is 1. The Balaban J connectivity index is 1.67. The molecule has 28 heavy (non-hydrogen) atoms. The third-order valence-electron chi connectivity index (χ3n) is 4.64. The number of amides is 1. The molecular formula is C21H17ClFN3O2. The third kappa shape index (κ3) is 3.39. The van der Waals surface area contributed by atoms with Crippen LogP contribution in [0.15, 0.2) is 60.8 Å². The zero-order valence-corrected chi connectivity index (χ0v) is 15.8. The van der Waals surface area contributed by atoms with E-state index in [4.69, 9.17) is 16.3 Å². The van der Waals surface area contributed by atoms with Crippen LogP contribution in [0.5, 0.6) is 5.75 Å². The van der Waals surface area contributed by atoms with Gasteiger partial charge in [0.1, 0.15) is 17.7 Å². The molecule has 142 valence electrons. The first-order valence-corrected chi connectivity index (χ1v) is 9.05. The molecule has 0 fully saturated rings. The fourth-order valence-electron chi connectivity index (χ4n) is 3.23. The molecule has 1 amide bonds. The number of carbonyl (C=O) groups excluding carboxylic acids is 1. The highest BCUT2D eigenvalue weighted by Gasteiger charge is 2.38. The zero-order valence-electron chi connectivity index (χ0n) is 15.0. The smallest absolute Gasteiger partial charge is 0.258 e. The quantitative estimate of drug-likeness (QED) is 0.681. The van der Waals surface area contributed by atoms with E-state index >= 15 is 0 Å². The molecule has 4 rings (SSSR count). The highest BCUT2D eigenvalue weighted by atomic mass is 35.5. The molecule has 1 aliphatic heterocycles. The van der Waals surface area contributed by atoms with Gasteiger partial charge in [0.25, 0.3) is 5.91 Å². The predicted octanol–water partition coefficient (Wildman–Crippen LogP) is 4.65. The Morgan fingerprint density at radius 3 is 2.71 bits per heavy atom. The Morgan fingerprint density at radius 2 is 2.00 bits per heavy atom. The normalized spacial score (nSPS) is 15.5. The maximum Gasteiger partial charge on any atom is 0.258 e. The Bertz CT molecular complexity index is 1030. The van der Waals surface area contributed by atoms with E-state index in [1.165, 1.54) is 12.1 Å². The van der Waals surface area contributed by atoms with E-state index in [-0.39, 0.29) is 10.9 Å². The van der Waals surface area contributed by atoms with Crippen molar-refractivity contribution in [3.8, 4) is 5.75 Å². The summed E-state index contributed by atoms with van der Waals surface area (Å²) in [7, 11) is 1.60. The molecule has 1 atom stereocenters. The molecule has 2 aromatic carbocycles. The average molecular weight is 398 g/mol. The first-order valence-electron chi connectivity index (χ1n) is 8.67. The Hall–Kier alpha value is -3.12. The van der Waals surface area contributed by atoms with Crippen LogP contribution >= 0.6 is 11.6 Å². The van der Waals surface area contributed by atoms with Crippen LogP contribution in [-0.2, 0) is 6.54 Å². The Labute approximate surface area is 166 Å². The second-order valence-electron chi connectivity index (χ2n) is 6.39. The maximum atomic E-state index is 13.4. The molecular weight excluding hydrogens is 381 g/mol. The van der Waals surface area contributed by atoms with E-state index in [1.54, 1.807) is 36.4 Å². The number of hydrogen-bond donors (Lipinski definition) is 1. The molecule has 0 bridgehead atoms. The maximum absolute atomic E-state index is 13.4. The number of halogens is 2. The number of pyridine rings is 1. The van der Waals surface area contributed by atoms with Gasteiger partial charge in [0.2, 0.25) is 0 Å². The number of anilines is 1. The lowest BCUT2D eigenvalue weighted by molar-refractivity contribution is 0.0727. The van der Waals surface area contributed by atoms with Crippen LogP contribution in [0.4, 0.5) is 10.1 Å². The summed E-state index contributed by atoms with van der Waals surface area (Å²) in [5.74, 6) is 0.190. The van der Waals surface area contributed by atoms with Crippen molar-refractivity contribution in [2.45, 2.75) is 12.7 Å². The van der Waals surface area contributed by atoms with Gasteiger partial charge in [-0.05, 0) is 48.0 Å². The molecule has 0 saturated heterocycles. The van der Waals surface area contributed by atoms with E-state index in [0.29, 0.717) is 23.5 Å². The number of carbonyl (C=O) groups is 1. The minimum absolute atomic E-state index is 0.130. The summed E-state index contributed by atoms with van der Waals surface area (Å²) in [4.78, 5) is 19.1. The Kier molecular flexibility index (Phi) is 4.88. The van der Waals surface area contributed by atoms with Gasteiger partial charge >= 0.3 is 0 Å². The lowest BCUT2D eigenvalue weighted by Crippen LogP contribution is -2.32. The molecule has 7 heteroatoms. The SMILES string of the molecule is COc1ccc(CN2C(=O)c3cccnc3C2Nc2ccc(F)cc2Cl)cc1. The summed E-state index contributed by atoms with van der Waals surface area (Å²) in [6.07, 6.45) is 1.12. The Morgan fingerprint density at radius 1 is 1.21 bits per heavy atom. The van der Waals surface area contributed by atoms with Gasteiger partial charge in [-0.25, -0.2) is 4.39 Å². The number of fused-ring (bicyclic) bond motifs is 1. The lowest BCUT2D eigenvalue weighted by Gasteiger charge is -2.27. The van der Waals surface area contributed by atoms with Gasteiger partial charge in [-0.1, -0.05) is 23.7 Å². The number of nitrogens with one attached hydrogen (secondary N) is 1. The predicted molar refractivity (Wildman–Crippen MR) is 105 cm³/mol. The van der Waals surface area contributed by atoms with Crippen molar-refractivity contribution in [3.63, 3.8) is 0 Å². The van der Waals surface area contributed by atoms with Crippen LogP contribution in [-0.4, -0.2) is 22.9 Å². The number of nitrogens with zero attached hydrogens (tertiary/aromatic N) is 2. The topological polar surface area (TPSA) is 54.5 Å². The van der Waals surface area contributed by atoms with Crippen molar-refractivity contribution in [3.05, 3.63) is 88.5 Å².